The van der Waals surface area contributed by atoms with Gasteiger partial charge in [0, 0.05) is 25.2 Å². The Morgan fingerprint density at radius 2 is 1.67 bits per heavy atom. The predicted molar refractivity (Wildman–Crippen MR) is 91.5 cm³/mol. The Hall–Kier alpha value is -1.46. The molecule has 0 unspecified atom stereocenters. The van der Waals surface area contributed by atoms with Crippen LogP contribution in [0.3, 0.4) is 0 Å². The molecular formula is C19H26N2O3. The standard InChI is InChI=1S/C19H26N2O3/c22-18(16-1-3-17(4-2-16)21(23)24)11-20-12-19-8-13-5-14(9-19)7-15(6-13)10-19/h1-4,13-15,18,20,22H,5-12H2/t13?,14?,15?,18-,19?/m1/s1. The van der Waals surface area contributed by atoms with Gasteiger partial charge in [0.1, 0.15) is 0 Å². The first-order chi connectivity index (χ1) is 11.5. The fraction of sp³-hybridized carbons (Fsp3) is 0.684. The van der Waals surface area contributed by atoms with Crippen molar-refractivity contribution in [2.24, 2.45) is 23.2 Å². The maximum absolute atomic E-state index is 10.7. The molecule has 1 atom stereocenters. The number of nitrogens with one attached hydrogen (secondary N) is 1. The first-order valence-electron chi connectivity index (χ1n) is 9.16. The lowest BCUT2D eigenvalue weighted by molar-refractivity contribution is -0.384. The van der Waals surface area contributed by atoms with Gasteiger partial charge >= 0.3 is 0 Å². The molecule has 0 spiro atoms. The van der Waals surface area contributed by atoms with Crippen molar-refractivity contribution in [3.05, 3.63) is 39.9 Å². The Balaban J connectivity index is 1.31. The van der Waals surface area contributed by atoms with Gasteiger partial charge < -0.3 is 10.4 Å². The smallest absolute Gasteiger partial charge is 0.269 e. The summed E-state index contributed by atoms with van der Waals surface area (Å²) in [5, 5.41) is 24.5. The first kappa shape index (κ1) is 16.0. The van der Waals surface area contributed by atoms with Crippen LogP contribution >= 0.6 is 0 Å². The maximum Gasteiger partial charge on any atom is 0.269 e. The number of nitro benzene ring substituents is 1. The summed E-state index contributed by atoms with van der Waals surface area (Å²) < 4.78 is 0. The topological polar surface area (TPSA) is 75.4 Å². The van der Waals surface area contributed by atoms with E-state index in [0.29, 0.717) is 12.0 Å². The number of aliphatic hydroxyl groups is 1. The third-order valence-corrected chi connectivity index (χ3v) is 6.49. The third-order valence-electron chi connectivity index (χ3n) is 6.49. The molecule has 5 nitrogen and oxygen atoms in total. The van der Waals surface area contributed by atoms with Crippen molar-refractivity contribution in [3.8, 4) is 0 Å². The normalized spacial score (nSPS) is 35.1. The van der Waals surface area contributed by atoms with Crippen LogP contribution in [0.2, 0.25) is 0 Å². The minimum Gasteiger partial charge on any atom is -0.387 e. The largest absolute Gasteiger partial charge is 0.387 e. The number of hydrogen-bond acceptors (Lipinski definition) is 4. The summed E-state index contributed by atoms with van der Waals surface area (Å²) in [5.41, 5.74) is 1.26. The highest BCUT2D eigenvalue weighted by atomic mass is 16.6. The second-order valence-corrected chi connectivity index (χ2v) is 8.41. The minimum absolute atomic E-state index is 0.0625. The number of aliphatic hydroxyl groups excluding tert-OH is 1. The van der Waals surface area contributed by atoms with E-state index in [-0.39, 0.29) is 5.69 Å². The van der Waals surface area contributed by atoms with Crippen LogP contribution in [0.5, 0.6) is 0 Å². The second-order valence-electron chi connectivity index (χ2n) is 8.41. The molecular weight excluding hydrogens is 304 g/mol. The molecule has 5 rings (SSSR count). The molecule has 0 aliphatic heterocycles. The molecule has 2 N–H and O–H groups in total. The summed E-state index contributed by atoms with van der Waals surface area (Å²) in [4.78, 5) is 10.3. The molecule has 0 heterocycles. The molecule has 5 heteroatoms. The molecule has 24 heavy (non-hydrogen) atoms. The average Bonchev–Trinajstić information content (AvgIpc) is 2.53. The van der Waals surface area contributed by atoms with E-state index in [1.165, 1.54) is 50.7 Å². The van der Waals surface area contributed by atoms with Gasteiger partial charge in [0.2, 0.25) is 0 Å². The zero-order valence-electron chi connectivity index (χ0n) is 14.0. The summed E-state index contributed by atoms with van der Waals surface area (Å²) in [6, 6.07) is 6.21. The van der Waals surface area contributed by atoms with Crippen molar-refractivity contribution in [2.45, 2.75) is 44.6 Å². The zero-order chi connectivity index (χ0) is 16.7. The summed E-state index contributed by atoms with van der Waals surface area (Å²) in [7, 11) is 0. The molecule has 0 saturated heterocycles. The van der Waals surface area contributed by atoms with Gasteiger partial charge in [-0.05, 0) is 79.4 Å². The van der Waals surface area contributed by atoms with E-state index in [1.807, 2.05) is 0 Å². The number of rotatable bonds is 6. The SMILES string of the molecule is O=[N+]([O-])c1ccc([C@H](O)CNCC23CC4CC(CC(C4)C2)C3)cc1. The Morgan fingerprint density at radius 1 is 1.12 bits per heavy atom. The van der Waals surface area contributed by atoms with Crippen LogP contribution in [-0.4, -0.2) is 23.1 Å². The highest BCUT2D eigenvalue weighted by molar-refractivity contribution is 5.33. The van der Waals surface area contributed by atoms with E-state index in [4.69, 9.17) is 0 Å². The van der Waals surface area contributed by atoms with E-state index in [1.54, 1.807) is 12.1 Å². The van der Waals surface area contributed by atoms with Crippen molar-refractivity contribution in [1.82, 2.24) is 5.32 Å². The number of benzene rings is 1. The quantitative estimate of drug-likeness (QED) is 0.619. The molecule has 4 aliphatic carbocycles. The highest BCUT2D eigenvalue weighted by Gasteiger charge is 2.50. The third kappa shape index (κ3) is 3.07. The van der Waals surface area contributed by atoms with Crippen molar-refractivity contribution >= 4 is 5.69 Å². The van der Waals surface area contributed by atoms with Crippen LogP contribution in [-0.2, 0) is 0 Å². The second kappa shape index (κ2) is 6.12. The van der Waals surface area contributed by atoms with Crippen LogP contribution in [0.1, 0.15) is 50.2 Å². The molecule has 0 aromatic heterocycles. The van der Waals surface area contributed by atoms with Gasteiger partial charge in [0.15, 0.2) is 0 Å². The van der Waals surface area contributed by atoms with Gasteiger partial charge in [-0.25, -0.2) is 0 Å². The first-order valence-corrected chi connectivity index (χ1v) is 9.16. The van der Waals surface area contributed by atoms with Gasteiger partial charge in [-0.3, -0.25) is 10.1 Å². The summed E-state index contributed by atoms with van der Waals surface area (Å²) in [6.07, 6.45) is 7.82. The number of hydrogen-bond donors (Lipinski definition) is 2. The number of nitrogens with zero attached hydrogens (tertiary/aromatic N) is 1. The van der Waals surface area contributed by atoms with E-state index >= 15 is 0 Å². The average molecular weight is 330 g/mol. The van der Waals surface area contributed by atoms with E-state index in [0.717, 1.165) is 29.9 Å². The van der Waals surface area contributed by atoms with Gasteiger partial charge in [0.25, 0.3) is 5.69 Å². The van der Waals surface area contributed by atoms with E-state index in [2.05, 4.69) is 5.32 Å². The minimum atomic E-state index is -0.611. The predicted octanol–water partition coefficient (Wildman–Crippen LogP) is 3.43. The van der Waals surface area contributed by atoms with Crippen LogP contribution in [0.25, 0.3) is 0 Å². The Kier molecular flexibility index (Phi) is 4.09. The monoisotopic (exact) mass is 330 g/mol. The molecule has 0 radical (unpaired) electrons. The fourth-order valence-electron chi connectivity index (χ4n) is 5.92. The van der Waals surface area contributed by atoms with E-state index in [9.17, 15) is 15.2 Å². The molecule has 0 amide bonds. The molecule has 130 valence electrons. The molecule has 4 fully saturated rings. The van der Waals surface area contributed by atoms with Crippen molar-refractivity contribution in [3.63, 3.8) is 0 Å². The summed E-state index contributed by atoms with van der Waals surface area (Å²) in [5.74, 6) is 2.83. The van der Waals surface area contributed by atoms with Gasteiger partial charge in [0.05, 0.1) is 11.0 Å². The van der Waals surface area contributed by atoms with Crippen LogP contribution in [0.4, 0.5) is 5.69 Å². The highest BCUT2D eigenvalue weighted by Crippen LogP contribution is 2.59. The lowest BCUT2D eigenvalue weighted by atomic mass is 9.49. The lowest BCUT2D eigenvalue weighted by Crippen LogP contribution is -2.50. The van der Waals surface area contributed by atoms with Gasteiger partial charge in [-0.2, -0.15) is 0 Å². The number of nitro groups is 1. The van der Waals surface area contributed by atoms with Crippen LogP contribution < -0.4 is 5.32 Å². The van der Waals surface area contributed by atoms with Crippen LogP contribution in [0, 0.1) is 33.3 Å². The maximum atomic E-state index is 10.7. The van der Waals surface area contributed by atoms with Gasteiger partial charge in [-0.1, -0.05) is 0 Å². The van der Waals surface area contributed by atoms with Crippen molar-refractivity contribution in [2.75, 3.05) is 13.1 Å². The molecule has 4 aliphatic rings. The molecule has 4 saturated carbocycles. The zero-order valence-corrected chi connectivity index (χ0v) is 14.0. The Labute approximate surface area is 142 Å². The lowest BCUT2D eigenvalue weighted by Gasteiger charge is -2.57. The van der Waals surface area contributed by atoms with Crippen molar-refractivity contribution < 1.29 is 10.0 Å². The van der Waals surface area contributed by atoms with E-state index < -0.39 is 11.0 Å². The molecule has 1 aromatic rings. The summed E-state index contributed by atoms with van der Waals surface area (Å²) >= 11 is 0. The van der Waals surface area contributed by atoms with Crippen molar-refractivity contribution in [1.29, 1.82) is 0 Å². The summed E-state index contributed by atoms with van der Waals surface area (Å²) in [6.45, 7) is 1.51. The van der Waals surface area contributed by atoms with Gasteiger partial charge in [-0.15, -0.1) is 0 Å². The van der Waals surface area contributed by atoms with Crippen LogP contribution in [0.15, 0.2) is 24.3 Å². The fourth-order valence-corrected chi connectivity index (χ4v) is 5.92. The Bertz CT molecular complexity index is 578. The Morgan fingerprint density at radius 3 is 2.17 bits per heavy atom. The molecule has 4 bridgehead atoms. The molecule has 1 aromatic carbocycles. The number of non-ortho nitro benzene ring substituents is 1.